The largest absolute Gasteiger partial charge is 0.496 e. The molecule has 2 aromatic carbocycles. The number of rotatable bonds is 5. The van der Waals surface area contributed by atoms with Crippen LogP contribution in [0.15, 0.2) is 46.9 Å². The highest BCUT2D eigenvalue weighted by molar-refractivity contribution is 9.10. The lowest BCUT2D eigenvalue weighted by Crippen LogP contribution is -2.18. The molecule has 0 saturated carbocycles. The normalized spacial score (nSPS) is 12.2. The Morgan fingerprint density at radius 3 is 2.70 bits per heavy atom. The molecule has 2 aromatic rings. The predicted molar refractivity (Wildman–Crippen MR) is 82.3 cm³/mol. The minimum absolute atomic E-state index is 0.148. The Bertz CT molecular complexity index is 588. The van der Waals surface area contributed by atoms with E-state index >= 15 is 0 Å². The number of nitrogens with one attached hydrogen (secondary N) is 1. The van der Waals surface area contributed by atoms with Gasteiger partial charge in [0, 0.05) is 18.2 Å². The average Bonchev–Trinajstić information content (AvgIpc) is 2.48. The molecule has 0 amide bonds. The van der Waals surface area contributed by atoms with Crippen LogP contribution in [0.2, 0.25) is 0 Å². The summed E-state index contributed by atoms with van der Waals surface area (Å²) in [6.45, 7) is 2.74. The smallest absolute Gasteiger partial charge is 0.137 e. The quantitative estimate of drug-likeness (QED) is 0.870. The van der Waals surface area contributed by atoms with Gasteiger partial charge in [-0.05, 0) is 46.6 Å². The highest BCUT2D eigenvalue weighted by Crippen LogP contribution is 2.25. The van der Waals surface area contributed by atoms with Crippen LogP contribution in [0.25, 0.3) is 0 Å². The van der Waals surface area contributed by atoms with Gasteiger partial charge in [-0.25, -0.2) is 4.39 Å². The topological polar surface area (TPSA) is 21.3 Å². The van der Waals surface area contributed by atoms with Crippen LogP contribution in [0.3, 0.4) is 0 Å². The average molecular weight is 338 g/mol. The lowest BCUT2D eigenvalue weighted by Gasteiger charge is -2.17. The van der Waals surface area contributed by atoms with Gasteiger partial charge in [-0.3, -0.25) is 0 Å². The van der Waals surface area contributed by atoms with Gasteiger partial charge in [-0.1, -0.05) is 24.3 Å². The van der Waals surface area contributed by atoms with E-state index in [4.69, 9.17) is 4.74 Å². The SMILES string of the molecule is COc1ccccc1[C@H](C)NCc1ccc(F)c(Br)c1. The number of ether oxygens (including phenoxy) is 1. The number of para-hydroxylation sites is 1. The lowest BCUT2D eigenvalue weighted by atomic mass is 10.1. The van der Waals surface area contributed by atoms with E-state index in [0.717, 1.165) is 16.9 Å². The molecule has 4 heteroatoms. The third-order valence-corrected chi connectivity index (χ3v) is 3.81. The molecule has 0 fully saturated rings. The minimum Gasteiger partial charge on any atom is -0.496 e. The summed E-state index contributed by atoms with van der Waals surface area (Å²) in [6.07, 6.45) is 0. The Morgan fingerprint density at radius 2 is 2.00 bits per heavy atom. The first-order valence-electron chi connectivity index (χ1n) is 6.42. The van der Waals surface area contributed by atoms with Crippen molar-refractivity contribution in [3.63, 3.8) is 0 Å². The Labute approximate surface area is 127 Å². The van der Waals surface area contributed by atoms with Crippen LogP contribution in [-0.2, 0) is 6.54 Å². The summed E-state index contributed by atoms with van der Waals surface area (Å²) in [5.74, 6) is 0.624. The Hall–Kier alpha value is -1.39. The summed E-state index contributed by atoms with van der Waals surface area (Å²) in [5, 5.41) is 3.41. The van der Waals surface area contributed by atoms with E-state index in [9.17, 15) is 4.39 Å². The van der Waals surface area contributed by atoms with Crippen molar-refractivity contribution < 1.29 is 9.13 Å². The molecule has 0 spiro atoms. The second kappa shape index (κ2) is 6.86. The van der Waals surface area contributed by atoms with Gasteiger partial charge in [0.2, 0.25) is 0 Å². The number of benzene rings is 2. The first-order valence-corrected chi connectivity index (χ1v) is 7.21. The maximum atomic E-state index is 13.2. The summed E-state index contributed by atoms with van der Waals surface area (Å²) in [6, 6.07) is 13.1. The third-order valence-electron chi connectivity index (χ3n) is 3.20. The molecule has 0 aromatic heterocycles. The number of methoxy groups -OCH3 is 1. The summed E-state index contributed by atoms with van der Waals surface area (Å²) >= 11 is 3.20. The highest BCUT2D eigenvalue weighted by Gasteiger charge is 2.10. The molecule has 0 saturated heterocycles. The number of halogens is 2. The first kappa shape index (κ1) is 15.0. The van der Waals surface area contributed by atoms with Crippen molar-refractivity contribution in [3.05, 3.63) is 63.9 Å². The van der Waals surface area contributed by atoms with Crippen molar-refractivity contribution in [3.8, 4) is 5.75 Å². The summed E-state index contributed by atoms with van der Waals surface area (Å²) in [7, 11) is 1.67. The third kappa shape index (κ3) is 3.58. The molecule has 0 unspecified atom stereocenters. The van der Waals surface area contributed by atoms with Gasteiger partial charge in [0.25, 0.3) is 0 Å². The van der Waals surface area contributed by atoms with E-state index in [1.807, 2.05) is 24.3 Å². The standard InChI is InChI=1S/C16H17BrFNO/c1-11(13-5-3-4-6-16(13)20-2)19-10-12-7-8-15(18)14(17)9-12/h3-9,11,19H,10H2,1-2H3/t11-/m0/s1. The Balaban J connectivity index is 2.04. The summed E-state index contributed by atoms with van der Waals surface area (Å²) in [5.41, 5.74) is 2.14. The van der Waals surface area contributed by atoms with Crippen molar-refractivity contribution in [2.45, 2.75) is 19.5 Å². The van der Waals surface area contributed by atoms with Gasteiger partial charge < -0.3 is 10.1 Å². The molecule has 0 aliphatic heterocycles. The fourth-order valence-electron chi connectivity index (χ4n) is 2.05. The van der Waals surface area contributed by atoms with Gasteiger partial charge in [-0.15, -0.1) is 0 Å². The summed E-state index contributed by atoms with van der Waals surface area (Å²) < 4.78 is 19.0. The highest BCUT2D eigenvalue weighted by atomic mass is 79.9. The maximum Gasteiger partial charge on any atom is 0.137 e. The van der Waals surface area contributed by atoms with E-state index in [1.54, 1.807) is 19.2 Å². The van der Waals surface area contributed by atoms with Crippen molar-refractivity contribution in [2.75, 3.05) is 7.11 Å². The molecule has 0 aliphatic carbocycles. The van der Waals surface area contributed by atoms with Crippen molar-refractivity contribution in [1.29, 1.82) is 0 Å². The molecule has 2 rings (SSSR count). The number of hydrogen-bond donors (Lipinski definition) is 1. The van der Waals surface area contributed by atoms with Crippen LogP contribution >= 0.6 is 15.9 Å². The fraction of sp³-hybridized carbons (Fsp3) is 0.250. The van der Waals surface area contributed by atoms with Crippen molar-refractivity contribution >= 4 is 15.9 Å². The van der Waals surface area contributed by atoms with Crippen LogP contribution in [0, 0.1) is 5.82 Å². The first-order chi connectivity index (χ1) is 9.61. The van der Waals surface area contributed by atoms with E-state index in [-0.39, 0.29) is 11.9 Å². The molecule has 1 N–H and O–H groups in total. The van der Waals surface area contributed by atoms with Crippen LogP contribution < -0.4 is 10.1 Å². The van der Waals surface area contributed by atoms with E-state index < -0.39 is 0 Å². The zero-order valence-electron chi connectivity index (χ0n) is 11.5. The van der Waals surface area contributed by atoms with Gasteiger partial charge in [-0.2, -0.15) is 0 Å². The second-order valence-corrected chi connectivity index (χ2v) is 5.45. The molecule has 1 atom stereocenters. The monoisotopic (exact) mass is 337 g/mol. The van der Waals surface area contributed by atoms with Gasteiger partial charge in [0.15, 0.2) is 0 Å². The molecule has 0 bridgehead atoms. The zero-order valence-corrected chi connectivity index (χ0v) is 13.1. The summed E-state index contributed by atoms with van der Waals surface area (Å²) in [4.78, 5) is 0. The van der Waals surface area contributed by atoms with Crippen molar-refractivity contribution in [1.82, 2.24) is 5.32 Å². The second-order valence-electron chi connectivity index (χ2n) is 4.59. The molecule has 0 aliphatic rings. The Kier molecular flexibility index (Phi) is 5.15. The molecule has 0 heterocycles. The van der Waals surface area contributed by atoms with Gasteiger partial charge >= 0.3 is 0 Å². The van der Waals surface area contributed by atoms with Crippen LogP contribution in [0.4, 0.5) is 4.39 Å². The minimum atomic E-state index is -0.244. The number of hydrogen-bond acceptors (Lipinski definition) is 2. The van der Waals surface area contributed by atoms with Crippen LogP contribution in [0.1, 0.15) is 24.1 Å². The predicted octanol–water partition coefficient (Wildman–Crippen LogP) is 4.45. The van der Waals surface area contributed by atoms with Crippen molar-refractivity contribution in [2.24, 2.45) is 0 Å². The van der Waals surface area contributed by atoms with Gasteiger partial charge in [0.05, 0.1) is 11.6 Å². The van der Waals surface area contributed by atoms with E-state index in [0.29, 0.717) is 11.0 Å². The van der Waals surface area contributed by atoms with E-state index in [2.05, 4.69) is 28.2 Å². The van der Waals surface area contributed by atoms with Gasteiger partial charge in [0.1, 0.15) is 11.6 Å². The lowest BCUT2D eigenvalue weighted by molar-refractivity contribution is 0.401. The maximum absolute atomic E-state index is 13.2. The zero-order chi connectivity index (χ0) is 14.5. The van der Waals surface area contributed by atoms with E-state index in [1.165, 1.54) is 6.07 Å². The van der Waals surface area contributed by atoms with Crippen LogP contribution in [0.5, 0.6) is 5.75 Å². The fourth-order valence-corrected chi connectivity index (χ4v) is 2.48. The molecule has 2 nitrogen and oxygen atoms in total. The van der Waals surface area contributed by atoms with Crippen LogP contribution in [-0.4, -0.2) is 7.11 Å². The molecule has 20 heavy (non-hydrogen) atoms. The molecular formula is C16H17BrFNO. The molecular weight excluding hydrogens is 321 g/mol. The molecule has 0 radical (unpaired) electrons. The Morgan fingerprint density at radius 1 is 1.25 bits per heavy atom. The molecule has 106 valence electrons.